The van der Waals surface area contributed by atoms with Gasteiger partial charge in [-0.2, -0.15) is 10.2 Å². The highest BCUT2D eigenvalue weighted by molar-refractivity contribution is 5.96. The van der Waals surface area contributed by atoms with Crippen LogP contribution in [0.15, 0.2) is 90.7 Å². The van der Waals surface area contributed by atoms with E-state index in [2.05, 4.69) is 31.1 Å². The lowest BCUT2D eigenvalue weighted by atomic mass is 10.2. The van der Waals surface area contributed by atoms with Crippen molar-refractivity contribution in [2.45, 2.75) is 13.8 Å². The second-order valence-corrected chi connectivity index (χ2v) is 9.48. The molecule has 0 saturated heterocycles. The van der Waals surface area contributed by atoms with Crippen LogP contribution in [0.3, 0.4) is 0 Å². The van der Waals surface area contributed by atoms with Crippen LogP contribution in [0.1, 0.15) is 31.8 Å². The van der Waals surface area contributed by atoms with Gasteiger partial charge in [0.15, 0.2) is 0 Å². The molecule has 0 bridgehead atoms. The van der Waals surface area contributed by atoms with Crippen LogP contribution < -0.4 is 21.8 Å². The highest BCUT2D eigenvalue weighted by atomic mass is 16.3. The minimum Gasteiger partial charge on any atom is -0.493 e. The average Bonchev–Trinajstić information content (AvgIpc) is 2.99. The summed E-state index contributed by atoms with van der Waals surface area (Å²) in [6, 6.07) is 15.1. The van der Waals surface area contributed by atoms with Crippen molar-refractivity contribution >= 4 is 34.6 Å². The number of pyridine rings is 2. The molecular formula is C29H28N8O6. The van der Waals surface area contributed by atoms with Gasteiger partial charge in [0.05, 0.1) is 18.0 Å². The van der Waals surface area contributed by atoms with E-state index in [0.717, 1.165) is 9.13 Å². The number of nitrogens with one attached hydrogen (secondary N) is 2. The van der Waals surface area contributed by atoms with E-state index in [-0.39, 0.29) is 40.9 Å². The van der Waals surface area contributed by atoms with E-state index in [0.29, 0.717) is 33.6 Å². The molecule has 14 nitrogen and oxygen atoms in total. The van der Waals surface area contributed by atoms with E-state index in [4.69, 9.17) is 0 Å². The van der Waals surface area contributed by atoms with Gasteiger partial charge in [-0.05, 0) is 73.5 Å². The van der Waals surface area contributed by atoms with Crippen molar-refractivity contribution in [3.8, 4) is 11.8 Å². The Kier molecular flexibility index (Phi) is 8.89. The number of nitrogens with zero attached hydrogens (tertiary/aromatic N) is 6. The van der Waals surface area contributed by atoms with Crippen molar-refractivity contribution < 1.29 is 19.8 Å². The highest BCUT2D eigenvalue weighted by Gasteiger charge is 2.12. The molecule has 220 valence electrons. The molecule has 2 aromatic carbocycles. The van der Waals surface area contributed by atoms with Crippen LogP contribution in [-0.2, 0) is 14.1 Å². The molecule has 4 aromatic rings. The van der Waals surface area contributed by atoms with E-state index in [1.807, 2.05) is 0 Å². The van der Waals surface area contributed by atoms with Gasteiger partial charge in [0.25, 0.3) is 22.9 Å². The molecule has 4 N–H and O–H groups in total. The van der Waals surface area contributed by atoms with Gasteiger partial charge >= 0.3 is 0 Å². The molecule has 0 aliphatic heterocycles. The number of hydrogen-bond acceptors (Lipinski definition) is 10. The van der Waals surface area contributed by atoms with Crippen LogP contribution in [0, 0.1) is 13.8 Å². The number of azo groups is 2. The molecule has 0 spiro atoms. The summed E-state index contributed by atoms with van der Waals surface area (Å²) in [5.74, 6) is -1.46. The largest absolute Gasteiger partial charge is 0.493 e. The number of aryl methyl sites for hydroxylation is 2. The first-order chi connectivity index (χ1) is 20.5. The fraction of sp³-hybridized carbons (Fsp3) is 0.172. The zero-order valence-electron chi connectivity index (χ0n) is 23.7. The molecule has 0 aliphatic carbocycles. The maximum atomic E-state index is 12.5. The van der Waals surface area contributed by atoms with Gasteiger partial charge in [-0.1, -0.05) is 0 Å². The predicted molar refractivity (Wildman–Crippen MR) is 157 cm³/mol. The molecule has 2 amide bonds. The monoisotopic (exact) mass is 584 g/mol. The molecule has 4 rings (SSSR count). The van der Waals surface area contributed by atoms with Gasteiger partial charge in [-0.25, -0.2) is 0 Å². The Labute approximate surface area is 244 Å². The fourth-order valence-corrected chi connectivity index (χ4v) is 3.81. The summed E-state index contributed by atoms with van der Waals surface area (Å²) in [6.45, 7) is 3.14. The summed E-state index contributed by atoms with van der Waals surface area (Å²) in [6.07, 6.45) is 0. The Morgan fingerprint density at radius 1 is 0.651 bits per heavy atom. The molecule has 2 aromatic heterocycles. The standard InChI is InChI=1S/C29H28N8O6/c1-16-13-22(38)36(3)28(42)24(16)34-32-20-9-5-18(6-10-20)26(40)30-15-31-27(41)19-7-11-21(12-8-19)33-35-25-17(2)14-23(39)37(4)29(25)43/h5-14,42-43H,15H2,1-4H3,(H,30,40)(H,31,41). The number of aromatic nitrogens is 2. The van der Waals surface area contributed by atoms with Gasteiger partial charge in [0.2, 0.25) is 11.8 Å². The Balaban J connectivity index is 1.30. The van der Waals surface area contributed by atoms with E-state index in [1.54, 1.807) is 38.1 Å². The maximum Gasteiger partial charge on any atom is 0.253 e. The Hall–Kier alpha value is -5.92. The Morgan fingerprint density at radius 2 is 1.00 bits per heavy atom. The first kappa shape index (κ1) is 30.0. The van der Waals surface area contributed by atoms with Crippen LogP contribution >= 0.6 is 0 Å². The normalized spacial score (nSPS) is 11.3. The molecule has 0 saturated carbocycles. The zero-order valence-corrected chi connectivity index (χ0v) is 23.7. The lowest BCUT2D eigenvalue weighted by Crippen LogP contribution is -2.37. The molecule has 0 aliphatic rings. The predicted octanol–water partition coefficient (Wildman–Crippen LogP) is 4.06. The minimum absolute atomic E-state index is 0.128. The summed E-state index contributed by atoms with van der Waals surface area (Å²) in [7, 11) is 2.84. The number of benzene rings is 2. The third kappa shape index (κ3) is 6.87. The Bertz CT molecular complexity index is 1740. The minimum atomic E-state index is -0.428. The summed E-state index contributed by atoms with van der Waals surface area (Å²) in [4.78, 5) is 48.4. The molecule has 0 fully saturated rings. The van der Waals surface area contributed by atoms with Crippen LogP contribution in [0.4, 0.5) is 22.7 Å². The Morgan fingerprint density at radius 3 is 1.35 bits per heavy atom. The van der Waals surface area contributed by atoms with Crippen molar-refractivity contribution in [1.29, 1.82) is 0 Å². The van der Waals surface area contributed by atoms with Crippen LogP contribution in [0.25, 0.3) is 0 Å². The van der Waals surface area contributed by atoms with E-state index < -0.39 is 11.8 Å². The summed E-state index contributed by atoms with van der Waals surface area (Å²) < 4.78 is 2.12. The molecule has 14 heteroatoms. The molecule has 43 heavy (non-hydrogen) atoms. The second-order valence-electron chi connectivity index (χ2n) is 9.48. The SMILES string of the molecule is Cc1cc(=O)n(C)c(O)c1N=Nc1ccc(C(=O)NCNC(=O)c2ccc(N=Nc3c(C)cc(=O)n(C)c3O)cc2)cc1. The number of carbonyl (C=O) groups is 2. The van der Waals surface area contributed by atoms with Crippen molar-refractivity contribution in [1.82, 2.24) is 19.8 Å². The number of aromatic hydroxyl groups is 2. The second kappa shape index (κ2) is 12.7. The van der Waals surface area contributed by atoms with Gasteiger partial charge in [-0.3, -0.25) is 28.3 Å². The van der Waals surface area contributed by atoms with E-state index >= 15 is 0 Å². The van der Waals surface area contributed by atoms with Crippen LogP contribution in [-0.4, -0.2) is 37.8 Å². The van der Waals surface area contributed by atoms with E-state index in [9.17, 15) is 29.4 Å². The van der Waals surface area contributed by atoms with Gasteiger partial charge < -0.3 is 20.8 Å². The third-order valence-electron chi connectivity index (χ3n) is 6.44. The molecule has 0 atom stereocenters. The smallest absolute Gasteiger partial charge is 0.253 e. The summed E-state index contributed by atoms with van der Waals surface area (Å²) in [5.41, 5.74) is 2.02. The molecule has 2 heterocycles. The first-order valence-corrected chi connectivity index (χ1v) is 12.9. The van der Waals surface area contributed by atoms with Crippen molar-refractivity contribution in [3.63, 3.8) is 0 Å². The van der Waals surface area contributed by atoms with E-state index in [1.165, 1.54) is 50.5 Å². The molecule has 0 unspecified atom stereocenters. The third-order valence-corrected chi connectivity index (χ3v) is 6.44. The van der Waals surface area contributed by atoms with Gasteiger partial charge in [0.1, 0.15) is 11.4 Å². The van der Waals surface area contributed by atoms with Crippen LogP contribution in [0.5, 0.6) is 11.8 Å². The van der Waals surface area contributed by atoms with Gasteiger partial charge in [0, 0.05) is 37.4 Å². The number of hydrogen-bond donors (Lipinski definition) is 4. The van der Waals surface area contributed by atoms with Crippen molar-refractivity contribution in [2.24, 2.45) is 34.6 Å². The molecular weight excluding hydrogens is 556 g/mol. The fourth-order valence-electron chi connectivity index (χ4n) is 3.81. The van der Waals surface area contributed by atoms with Gasteiger partial charge in [-0.15, -0.1) is 10.2 Å². The average molecular weight is 585 g/mol. The highest BCUT2D eigenvalue weighted by Crippen LogP contribution is 2.30. The maximum absolute atomic E-state index is 12.5. The van der Waals surface area contributed by atoms with Crippen molar-refractivity contribution in [2.75, 3.05) is 6.67 Å². The topological polar surface area (TPSA) is 192 Å². The van der Waals surface area contributed by atoms with Crippen molar-refractivity contribution in [3.05, 3.63) is 104 Å². The number of carbonyl (C=O) groups excluding carboxylic acids is 2. The number of amides is 2. The lowest BCUT2D eigenvalue weighted by Gasteiger charge is -2.08. The first-order valence-electron chi connectivity index (χ1n) is 12.9. The molecule has 0 radical (unpaired) electrons. The zero-order chi connectivity index (χ0) is 31.3. The quantitative estimate of drug-likeness (QED) is 0.178. The summed E-state index contributed by atoms with van der Waals surface area (Å²) >= 11 is 0. The number of rotatable bonds is 8. The summed E-state index contributed by atoms with van der Waals surface area (Å²) in [5, 5.41) is 41.7. The lowest BCUT2D eigenvalue weighted by molar-refractivity contribution is 0.0920. The van der Waals surface area contributed by atoms with Crippen LogP contribution in [0.2, 0.25) is 0 Å².